The summed E-state index contributed by atoms with van der Waals surface area (Å²) in [6.45, 7) is 2.96. The molecule has 0 fully saturated rings. The molecule has 0 spiro atoms. The summed E-state index contributed by atoms with van der Waals surface area (Å²) in [6, 6.07) is 5.68. The van der Waals surface area contributed by atoms with E-state index >= 15 is 0 Å². The summed E-state index contributed by atoms with van der Waals surface area (Å²) < 4.78 is 36.6. The zero-order chi connectivity index (χ0) is 23.8. The summed E-state index contributed by atoms with van der Waals surface area (Å²) in [5, 5.41) is 3.15. The molecule has 0 bridgehead atoms. The first-order valence-electron chi connectivity index (χ1n) is 9.88. The zero-order valence-corrected chi connectivity index (χ0v) is 19.8. The smallest absolute Gasteiger partial charge is 0.261 e. The highest BCUT2D eigenvalue weighted by Crippen LogP contribution is 2.32. The van der Waals surface area contributed by atoms with E-state index in [1.165, 1.54) is 0 Å². The Morgan fingerprint density at radius 1 is 1.24 bits per heavy atom. The zero-order valence-electron chi connectivity index (χ0n) is 18.1. The molecule has 1 aromatic carbocycles. The van der Waals surface area contributed by atoms with Crippen LogP contribution in [-0.4, -0.2) is 58.3 Å². The van der Waals surface area contributed by atoms with Crippen LogP contribution < -0.4 is 20.3 Å². The Balaban J connectivity index is 0.000000555. The van der Waals surface area contributed by atoms with E-state index in [0.717, 1.165) is 34.2 Å². The molecule has 1 aliphatic heterocycles. The number of nitrogens with one attached hydrogen (secondary N) is 3. The highest BCUT2D eigenvalue weighted by molar-refractivity contribution is 7.98. The average Bonchev–Trinajstić information content (AvgIpc) is 3.37. The normalized spacial score (nSPS) is 12.2. The van der Waals surface area contributed by atoms with Gasteiger partial charge < -0.3 is 19.8 Å². The van der Waals surface area contributed by atoms with Gasteiger partial charge in [-0.05, 0) is 24.6 Å². The molecule has 33 heavy (non-hydrogen) atoms. The molecular weight excluding hydrogens is 470 g/mol. The predicted molar refractivity (Wildman–Crippen MR) is 126 cm³/mol. The minimum absolute atomic E-state index is 0.144. The van der Waals surface area contributed by atoms with Gasteiger partial charge in [-0.15, -0.1) is 0 Å². The Kier molecular flexibility index (Phi) is 8.36. The van der Waals surface area contributed by atoms with E-state index in [-0.39, 0.29) is 12.4 Å². The predicted octanol–water partition coefficient (Wildman–Crippen LogP) is 1.97. The number of hydrogen-bond donors (Lipinski definition) is 4. The highest BCUT2D eigenvalue weighted by atomic mass is 32.2. The minimum Gasteiger partial charge on any atom is -0.454 e. The second-order valence-electron chi connectivity index (χ2n) is 7.14. The van der Waals surface area contributed by atoms with Crippen LogP contribution in [0.1, 0.15) is 22.5 Å². The lowest BCUT2D eigenvalue weighted by Gasteiger charge is -2.07. The van der Waals surface area contributed by atoms with Crippen LogP contribution in [0, 0.1) is 6.92 Å². The Bertz CT molecular complexity index is 1230. The van der Waals surface area contributed by atoms with Gasteiger partial charge in [0.05, 0.1) is 18.3 Å². The maximum Gasteiger partial charge on any atom is 0.261 e. The van der Waals surface area contributed by atoms with Gasteiger partial charge >= 0.3 is 0 Å². The number of benzene rings is 1. The van der Waals surface area contributed by atoms with E-state index < -0.39 is 10.1 Å². The third kappa shape index (κ3) is 8.11. The van der Waals surface area contributed by atoms with Gasteiger partial charge in [-0.1, -0.05) is 6.07 Å². The molecule has 0 radical (unpaired) electrons. The molecule has 0 unspecified atom stereocenters. The van der Waals surface area contributed by atoms with E-state index in [1.807, 2.05) is 25.1 Å². The molecule has 13 heteroatoms. The number of hydrogen-bond acceptors (Lipinski definition) is 9. The first kappa shape index (κ1) is 24.6. The number of ether oxygens (including phenoxy) is 2. The molecule has 4 rings (SSSR count). The van der Waals surface area contributed by atoms with Crippen molar-refractivity contribution in [3.05, 3.63) is 63.6 Å². The highest BCUT2D eigenvalue weighted by Gasteiger charge is 2.14. The number of aromatic nitrogens is 4. The van der Waals surface area contributed by atoms with Crippen molar-refractivity contribution in [1.82, 2.24) is 19.9 Å². The van der Waals surface area contributed by atoms with Gasteiger partial charge in [0.15, 0.2) is 11.5 Å². The Morgan fingerprint density at radius 2 is 2.00 bits per heavy atom. The van der Waals surface area contributed by atoms with Gasteiger partial charge in [0.1, 0.15) is 0 Å². The fraction of sp³-hybridized carbons (Fsp3) is 0.350. The number of imidazole rings is 1. The molecule has 3 heterocycles. The van der Waals surface area contributed by atoms with Crippen LogP contribution in [0.2, 0.25) is 0 Å². The summed E-state index contributed by atoms with van der Waals surface area (Å²) in [5.74, 6) is 3.67. The van der Waals surface area contributed by atoms with Gasteiger partial charge in [0, 0.05) is 41.9 Å². The van der Waals surface area contributed by atoms with Crippen molar-refractivity contribution in [3.63, 3.8) is 0 Å². The third-order valence-electron chi connectivity index (χ3n) is 4.42. The first-order chi connectivity index (χ1) is 15.7. The van der Waals surface area contributed by atoms with Crippen LogP contribution in [0.15, 0.2) is 35.5 Å². The molecule has 0 aliphatic carbocycles. The Labute approximate surface area is 195 Å². The molecule has 0 atom stereocenters. The number of aromatic amines is 2. The van der Waals surface area contributed by atoms with Gasteiger partial charge in [-0.2, -0.15) is 20.2 Å². The van der Waals surface area contributed by atoms with Crippen molar-refractivity contribution in [3.8, 4) is 11.5 Å². The summed E-state index contributed by atoms with van der Waals surface area (Å²) in [4.78, 5) is 26.8. The Morgan fingerprint density at radius 3 is 2.70 bits per heavy atom. The molecule has 178 valence electrons. The van der Waals surface area contributed by atoms with Crippen LogP contribution in [0.3, 0.4) is 0 Å². The van der Waals surface area contributed by atoms with Crippen LogP contribution in [-0.2, 0) is 22.3 Å². The summed E-state index contributed by atoms with van der Waals surface area (Å²) in [5.41, 5.74) is 3.61. The number of thioether (sulfide) groups is 1. The van der Waals surface area contributed by atoms with E-state index in [0.29, 0.717) is 36.5 Å². The number of nitrogens with zero attached hydrogens (tertiary/aromatic N) is 2. The van der Waals surface area contributed by atoms with Crippen LogP contribution in [0.5, 0.6) is 11.5 Å². The average molecular weight is 496 g/mol. The third-order valence-corrected chi connectivity index (χ3v) is 5.39. The van der Waals surface area contributed by atoms with Crippen LogP contribution in [0.4, 0.5) is 5.95 Å². The number of fused-ring (bicyclic) bond motifs is 1. The molecule has 4 N–H and O–H groups in total. The molecule has 11 nitrogen and oxygen atoms in total. The van der Waals surface area contributed by atoms with Crippen molar-refractivity contribution >= 4 is 27.8 Å². The summed E-state index contributed by atoms with van der Waals surface area (Å²) in [7, 11) is -3.67. The monoisotopic (exact) mass is 495 g/mol. The maximum absolute atomic E-state index is 12.4. The van der Waals surface area contributed by atoms with Gasteiger partial charge in [-0.3, -0.25) is 14.3 Å². The molecule has 0 saturated heterocycles. The fourth-order valence-electron chi connectivity index (χ4n) is 2.85. The second kappa shape index (κ2) is 11.2. The topological polar surface area (TPSA) is 159 Å². The van der Waals surface area contributed by atoms with E-state index in [4.69, 9.17) is 14.0 Å². The summed E-state index contributed by atoms with van der Waals surface area (Å²) >= 11 is 1.78. The lowest BCUT2D eigenvalue weighted by atomic mass is 10.1. The van der Waals surface area contributed by atoms with E-state index in [1.54, 1.807) is 24.3 Å². The van der Waals surface area contributed by atoms with Crippen molar-refractivity contribution in [1.29, 1.82) is 0 Å². The standard InChI is InChI=1S/C19H21N5O3S.CH4O3S/c1-12-15(23-10-22-12)9-28-5-4-20-19-21-8-14(18(25)24-19)6-13-2-3-16-17(7-13)27-11-26-16;1-5(2,3)4/h2-3,7-8,10H,4-6,9,11H2,1H3,(H,22,23)(H2,20,21,24,25);1H3,(H,2,3,4). The molecule has 0 saturated carbocycles. The van der Waals surface area contributed by atoms with Crippen molar-refractivity contribution in [2.75, 3.05) is 30.7 Å². The Hall–Kier alpha value is -3.03. The molecule has 2 aromatic heterocycles. The van der Waals surface area contributed by atoms with Crippen molar-refractivity contribution in [2.45, 2.75) is 19.1 Å². The van der Waals surface area contributed by atoms with Crippen LogP contribution >= 0.6 is 11.8 Å². The largest absolute Gasteiger partial charge is 0.454 e. The summed E-state index contributed by atoms with van der Waals surface area (Å²) in [6.07, 6.45) is 4.53. The maximum atomic E-state index is 12.4. The number of anilines is 1. The number of H-pyrrole nitrogens is 2. The lowest BCUT2D eigenvalue weighted by Crippen LogP contribution is -2.18. The number of rotatable bonds is 8. The van der Waals surface area contributed by atoms with E-state index in [2.05, 4.69) is 25.3 Å². The lowest BCUT2D eigenvalue weighted by molar-refractivity contribution is 0.174. The quantitative estimate of drug-likeness (QED) is 0.269. The first-order valence-corrected chi connectivity index (χ1v) is 12.9. The van der Waals surface area contributed by atoms with Crippen molar-refractivity contribution < 1.29 is 22.4 Å². The van der Waals surface area contributed by atoms with Gasteiger partial charge in [-0.25, -0.2) is 9.97 Å². The minimum atomic E-state index is -3.67. The SMILES string of the molecule is CS(=O)(=O)O.Cc1[nH]cnc1CSCCNc1ncc(Cc2ccc3c(c2)OCO3)c(=O)[nH]1. The van der Waals surface area contributed by atoms with E-state index in [9.17, 15) is 13.2 Å². The molecule has 3 aromatic rings. The molecular formula is C20H25N5O6S2. The van der Waals surface area contributed by atoms with Gasteiger partial charge in [0.25, 0.3) is 15.7 Å². The van der Waals surface area contributed by atoms with Crippen LogP contribution in [0.25, 0.3) is 0 Å². The molecule has 0 amide bonds. The second-order valence-corrected chi connectivity index (χ2v) is 9.71. The molecule has 1 aliphatic rings. The van der Waals surface area contributed by atoms with Crippen molar-refractivity contribution in [2.24, 2.45) is 0 Å². The van der Waals surface area contributed by atoms with Gasteiger partial charge in [0.2, 0.25) is 12.7 Å². The fourth-order valence-corrected chi connectivity index (χ4v) is 3.73. The number of aryl methyl sites for hydroxylation is 1.